The first kappa shape index (κ1) is 12.9. The van der Waals surface area contributed by atoms with Crippen molar-refractivity contribution in [2.75, 3.05) is 11.5 Å². The number of ether oxygens (including phenoxy) is 1. The van der Waals surface area contributed by atoms with Gasteiger partial charge in [-0.2, -0.15) is 0 Å². The minimum Gasteiger partial charge on any atom is -0.428 e. The van der Waals surface area contributed by atoms with Crippen LogP contribution in [0, 0.1) is 0 Å². The number of benzene rings is 2. The smallest absolute Gasteiger partial charge is 0.340 e. The van der Waals surface area contributed by atoms with E-state index in [4.69, 9.17) is 16.2 Å². The van der Waals surface area contributed by atoms with Gasteiger partial charge in [0.25, 0.3) is 0 Å². The van der Waals surface area contributed by atoms with Gasteiger partial charge in [0.15, 0.2) is 0 Å². The highest BCUT2D eigenvalue weighted by Crippen LogP contribution is 2.18. The molecule has 0 saturated heterocycles. The molecule has 5 heteroatoms. The van der Waals surface area contributed by atoms with Crippen LogP contribution in [0.3, 0.4) is 0 Å². The van der Waals surface area contributed by atoms with Crippen LogP contribution in [0.25, 0.3) is 0 Å². The molecule has 5 N–H and O–H groups in total. The number of nitrogens with two attached hydrogens (primary N) is 2. The molecule has 0 aliphatic heterocycles. The summed E-state index contributed by atoms with van der Waals surface area (Å²) in [6.45, 7) is 0. The lowest BCUT2D eigenvalue weighted by atomic mass is 10.2. The quantitative estimate of drug-likeness (QED) is 0.442. The molecule has 0 aliphatic rings. The molecule has 0 amide bonds. The largest absolute Gasteiger partial charge is 0.428 e. The fourth-order valence-electron chi connectivity index (χ4n) is 1.52. The average Bonchev–Trinajstić information content (AvgIpc) is 2.40. The number of rotatable bonds is 3. The van der Waals surface area contributed by atoms with Crippen molar-refractivity contribution in [2.24, 2.45) is 0 Å². The number of hydrogen-bond donors (Lipinski definition) is 3. The first-order valence-corrected chi connectivity index (χ1v) is 5.66. The summed E-state index contributed by atoms with van der Waals surface area (Å²) in [4.78, 5) is 11.8. The topological polar surface area (TPSA) is 98.6 Å². The van der Waals surface area contributed by atoms with E-state index in [-0.39, 0.29) is 0 Å². The van der Waals surface area contributed by atoms with E-state index in [0.717, 1.165) is 0 Å². The third kappa shape index (κ3) is 3.23. The second-order valence-electron chi connectivity index (χ2n) is 4.05. The summed E-state index contributed by atoms with van der Waals surface area (Å²) in [6, 6.07) is 12.7. The molecular weight excluding hydrogens is 244 g/mol. The van der Waals surface area contributed by atoms with Gasteiger partial charge in [-0.05, 0) is 36.4 Å². The molecule has 1 atom stereocenters. The van der Waals surface area contributed by atoms with Crippen molar-refractivity contribution < 1.29 is 14.6 Å². The molecule has 0 saturated carbocycles. The zero-order valence-electron chi connectivity index (χ0n) is 10.1. The molecule has 0 aliphatic carbocycles. The van der Waals surface area contributed by atoms with Crippen LogP contribution < -0.4 is 11.5 Å². The number of aliphatic hydroxyl groups excluding tert-OH is 1. The summed E-state index contributed by atoms with van der Waals surface area (Å²) >= 11 is 0. The van der Waals surface area contributed by atoms with E-state index < -0.39 is 12.3 Å². The van der Waals surface area contributed by atoms with Crippen LogP contribution in [0.1, 0.15) is 22.2 Å². The third-order valence-electron chi connectivity index (χ3n) is 2.59. The maximum Gasteiger partial charge on any atom is 0.340 e. The Morgan fingerprint density at radius 3 is 1.95 bits per heavy atom. The van der Waals surface area contributed by atoms with Crippen LogP contribution in [-0.2, 0) is 4.74 Å². The lowest BCUT2D eigenvalue weighted by molar-refractivity contribution is -0.0671. The second-order valence-corrected chi connectivity index (χ2v) is 4.05. The fourth-order valence-corrected chi connectivity index (χ4v) is 1.52. The Morgan fingerprint density at radius 2 is 1.42 bits per heavy atom. The molecule has 0 aromatic heterocycles. The number of esters is 1. The summed E-state index contributed by atoms with van der Waals surface area (Å²) in [6.07, 6.45) is -1.33. The number of anilines is 2. The highest BCUT2D eigenvalue weighted by molar-refractivity contribution is 5.89. The van der Waals surface area contributed by atoms with E-state index in [1.807, 2.05) is 0 Å². The zero-order valence-corrected chi connectivity index (χ0v) is 10.1. The van der Waals surface area contributed by atoms with Crippen molar-refractivity contribution in [1.82, 2.24) is 0 Å². The molecule has 2 rings (SSSR count). The van der Waals surface area contributed by atoms with Crippen LogP contribution in [0.4, 0.5) is 11.4 Å². The van der Waals surface area contributed by atoms with Gasteiger partial charge in [0.1, 0.15) is 0 Å². The Hall–Kier alpha value is -2.53. The number of hydrogen-bond acceptors (Lipinski definition) is 5. The average molecular weight is 258 g/mol. The minimum absolute atomic E-state index is 0.323. The summed E-state index contributed by atoms with van der Waals surface area (Å²) < 4.78 is 4.94. The summed E-state index contributed by atoms with van der Waals surface area (Å²) in [7, 11) is 0. The molecule has 2 aromatic carbocycles. The van der Waals surface area contributed by atoms with Crippen LogP contribution in [0.5, 0.6) is 0 Å². The first-order chi connectivity index (χ1) is 9.06. The van der Waals surface area contributed by atoms with Crippen molar-refractivity contribution in [1.29, 1.82) is 0 Å². The third-order valence-corrected chi connectivity index (χ3v) is 2.59. The number of carbonyl (C=O) groups excluding carboxylic acids is 1. The second kappa shape index (κ2) is 5.41. The van der Waals surface area contributed by atoms with E-state index in [1.54, 1.807) is 36.4 Å². The van der Waals surface area contributed by atoms with Crippen LogP contribution >= 0.6 is 0 Å². The van der Waals surface area contributed by atoms with E-state index >= 15 is 0 Å². The predicted molar refractivity (Wildman–Crippen MR) is 72.1 cm³/mol. The van der Waals surface area contributed by atoms with Crippen molar-refractivity contribution in [2.45, 2.75) is 6.29 Å². The number of nitrogen functional groups attached to an aromatic ring is 2. The molecule has 0 spiro atoms. The van der Waals surface area contributed by atoms with Gasteiger partial charge in [-0.15, -0.1) is 0 Å². The lowest BCUT2D eigenvalue weighted by Crippen LogP contribution is -2.11. The van der Waals surface area contributed by atoms with Gasteiger partial charge in [-0.25, -0.2) is 4.79 Å². The molecular formula is C14H14N2O3. The SMILES string of the molecule is Nc1ccc(C(=O)OC(O)c2ccc(N)cc2)cc1. The van der Waals surface area contributed by atoms with Gasteiger partial charge in [-0.3, -0.25) is 0 Å². The van der Waals surface area contributed by atoms with Gasteiger partial charge >= 0.3 is 5.97 Å². The summed E-state index contributed by atoms with van der Waals surface area (Å²) in [5, 5.41) is 9.79. The monoisotopic (exact) mass is 258 g/mol. The molecule has 0 bridgehead atoms. The molecule has 0 fully saturated rings. The highest BCUT2D eigenvalue weighted by Gasteiger charge is 2.14. The molecule has 19 heavy (non-hydrogen) atoms. The van der Waals surface area contributed by atoms with Gasteiger partial charge < -0.3 is 21.3 Å². The minimum atomic E-state index is -1.33. The predicted octanol–water partition coefficient (Wildman–Crippen LogP) is 1.70. The Morgan fingerprint density at radius 1 is 0.947 bits per heavy atom. The van der Waals surface area contributed by atoms with Crippen molar-refractivity contribution in [3.05, 3.63) is 59.7 Å². The highest BCUT2D eigenvalue weighted by atomic mass is 16.6. The maximum atomic E-state index is 11.8. The molecule has 0 radical (unpaired) electrons. The standard InChI is InChI=1S/C14H14N2O3/c15-11-5-1-9(2-6-11)13(17)19-14(18)10-3-7-12(16)8-4-10/h1-8,13,17H,15-16H2. The Labute approximate surface area is 110 Å². The van der Waals surface area contributed by atoms with Gasteiger partial charge in [0.2, 0.25) is 6.29 Å². The van der Waals surface area contributed by atoms with Crippen LogP contribution in [0.15, 0.2) is 48.5 Å². The van der Waals surface area contributed by atoms with Crippen LogP contribution in [0.2, 0.25) is 0 Å². The van der Waals surface area contributed by atoms with E-state index in [9.17, 15) is 9.90 Å². The number of aliphatic hydroxyl groups is 1. The maximum absolute atomic E-state index is 11.8. The first-order valence-electron chi connectivity index (χ1n) is 5.66. The summed E-state index contributed by atoms with van der Waals surface area (Å²) in [5.74, 6) is -0.621. The van der Waals surface area contributed by atoms with Gasteiger partial charge in [0, 0.05) is 16.9 Å². The van der Waals surface area contributed by atoms with Crippen LogP contribution in [-0.4, -0.2) is 11.1 Å². The Bertz CT molecular complexity index is 564. The zero-order chi connectivity index (χ0) is 13.8. The molecule has 2 aromatic rings. The summed E-state index contributed by atoms with van der Waals surface area (Å²) in [5.41, 5.74) is 13.0. The fraction of sp³-hybridized carbons (Fsp3) is 0.0714. The van der Waals surface area contributed by atoms with Gasteiger partial charge in [-0.1, -0.05) is 12.1 Å². The van der Waals surface area contributed by atoms with Gasteiger partial charge in [0.05, 0.1) is 5.56 Å². The Balaban J connectivity index is 2.06. The molecule has 1 unspecified atom stereocenters. The van der Waals surface area contributed by atoms with Crippen molar-refractivity contribution in [3.8, 4) is 0 Å². The molecule has 5 nitrogen and oxygen atoms in total. The normalized spacial score (nSPS) is 11.8. The van der Waals surface area contributed by atoms with E-state index in [2.05, 4.69) is 0 Å². The molecule has 0 heterocycles. The van der Waals surface area contributed by atoms with Crippen molar-refractivity contribution >= 4 is 17.3 Å². The van der Waals surface area contributed by atoms with Crippen molar-refractivity contribution in [3.63, 3.8) is 0 Å². The Kier molecular flexibility index (Phi) is 3.68. The lowest BCUT2D eigenvalue weighted by Gasteiger charge is -2.12. The molecule has 98 valence electrons. The number of carbonyl (C=O) groups is 1. The van der Waals surface area contributed by atoms with E-state index in [0.29, 0.717) is 22.5 Å². The van der Waals surface area contributed by atoms with E-state index in [1.165, 1.54) is 12.1 Å².